The Labute approximate surface area is 137 Å². The predicted molar refractivity (Wildman–Crippen MR) is 50.4 cm³/mol. The molecule has 0 fully saturated rings. The summed E-state index contributed by atoms with van der Waals surface area (Å²) in [6.45, 7) is 0. The molecule has 0 saturated heterocycles. The topological polar surface area (TPSA) is 34.1 Å². The van der Waals surface area contributed by atoms with E-state index in [2.05, 4.69) is 0 Å². The van der Waals surface area contributed by atoms with Crippen LogP contribution in [0.5, 0.6) is 0 Å². The van der Waals surface area contributed by atoms with Gasteiger partial charge in [0.05, 0.1) is 0 Å². The summed E-state index contributed by atoms with van der Waals surface area (Å²) in [5.74, 6) is -40.6. The SMILES string of the molecule is O=S(=O)(F)C(F)(F)C(F)(F)C(F)(F)C(F)(F)C(F)(F)C(F)(F)CC(F)(F)F. The van der Waals surface area contributed by atoms with E-state index in [4.69, 9.17) is 0 Å². The molecule has 0 aliphatic rings. The molecule has 0 bridgehead atoms. The molecule has 27 heavy (non-hydrogen) atoms. The fourth-order valence-corrected chi connectivity index (χ4v) is 1.76. The second-order valence-electron chi connectivity index (χ2n) is 4.75. The Morgan fingerprint density at radius 3 is 1.07 bits per heavy atom. The lowest BCUT2D eigenvalue weighted by molar-refractivity contribution is -0.421. The molecule has 0 aliphatic carbocycles. The van der Waals surface area contributed by atoms with Crippen LogP contribution in [0.2, 0.25) is 0 Å². The molecule has 0 aromatic carbocycles. The van der Waals surface area contributed by atoms with Gasteiger partial charge in [0.2, 0.25) is 0 Å². The fourth-order valence-electron chi connectivity index (χ4n) is 1.32. The first-order chi connectivity index (χ1) is 11.2. The van der Waals surface area contributed by atoms with E-state index < -0.39 is 57.7 Å². The Bertz CT molecular complexity index is 658. The molecule has 19 heteroatoms. The van der Waals surface area contributed by atoms with Gasteiger partial charge in [-0.25, -0.2) is 0 Å². The summed E-state index contributed by atoms with van der Waals surface area (Å²) in [7, 11) is -8.22. The van der Waals surface area contributed by atoms with Crippen molar-refractivity contribution in [2.75, 3.05) is 0 Å². The summed E-state index contributed by atoms with van der Waals surface area (Å²) in [5, 5.41) is -7.86. The highest BCUT2D eigenvalue weighted by atomic mass is 32.3. The minimum atomic E-state index is -8.48. The smallest absolute Gasteiger partial charge is 0.199 e. The highest BCUT2D eigenvalue weighted by Gasteiger charge is 2.92. The van der Waals surface area contributed by atoms with Crippen molar-refractivity contribution in [1.29, 1.82) is 0 Å². The van der Waals surface area contributed by atoms with Gasteiger partial charge in [-0.15, -0.1) is 0 Å². The summed E-state index contributed by atoms with van der Waals surface area (Å²) >= 11 is 0. The molecule has 0 amide bonds. The lowest BCUT2D eigenvalue weighted by Gasteiger charge is -2.40. The van der Waals surface area contributed by atoms with Gasteiger partial charge in [0.15, 0.2) is 0 Å². The van der Waals surface area contributed by atoms with Crippen molar-refractivity contribution in [3.8, 4) is 0 Å². The lowest BCUT2D eigenvalue weighted by atomic mass is 9.93. The van der Waals surface area contributed by atoms with Gasteiger partial charge in [0, 0.05) is 0 Å². The van der Waals surface area contributed by atoms with Gasteiger partial charge in [-0.05, 0) is 0 Å². The molecule has 0 aromatic heterocycles. The van der Waals surface area contributed by atoms with Crippen molar-refractivity contribution < 1.29 is 78.2 Å². The number of halogens is 16. The standard InChI is InChI=1S/C8H2F16O2S/c9-2(10,1-3(11,12)13)4(14,15)5(16,17)6(18,19)7(20,21)8(22,23)27(24,25)26/h1H2. The van der Waals surface area contributed by atoms with E-state index in [1.807, 2.05) is 0 Å². The average Bonchev–Trinajstić information content (AvgIpc) is 2.33. The van der Waals surface area contributed by atoms with Crippen molar-refractivity contribution in [1.82, 2.24) is 0 Å². The number of hydrogen-bond donors (Lipinski definition) is 0. The van der Waals surface area contributed by atoms with Crippen LogP contribution in [0.4, 0.5) is 69.7 Å². The first-order valence-corrected chi connectivity index (χ1v) is 6.87. The monoisotopic (exact) mass is 466 g/mol. The minimum Gasteiger partial charge on any atom is -0.199 e. The first kappa shape index (κ1) is 25.8. The highest BCUT2D eigenvalue weighted by Crippen LogP contribution is 2.61. The van der Waals surface area contributed by atoms with Crippen LogP contribution >= 0.6 is 0 Å². The highest BCUT2D eigenvalue weighted by molar-refractivity contribution is 7.87. The Morgan fingerprint density at radius 1 is 0.519 bits per heavy atom. The lowest BCUT2D eigenvalue weighted by Crippen LogP contribution is -2.71. The van der Waals surface area contributed by atoms with E-state index in [0.29, 0.717) is 0 Å². The normalized spacial score (nSPS) is 16.6. The second kappa shape index (κ2) is 6.16. The summed E-state index contributed by atoms with van der Waals surface area (Å²) in [5.41, 5.74) is 0. The van der Waals surface area contributed by atoms with Gasteiger partial charge in [-0.1, -0.05) is 3.89 Å². The van der Waals surface area contributed by atoms with Crippen LogP contribution in [-0.2, 0) is 10.2 Å². The van der Waals surface area contributed by atoms with Crippen molar-refractivity contribution in [2.45, 2.75) is 47.5 Å². The Morgan fingerprint density at radius 2 is 0.815 bits per heavy atom. The van der Waals surface area contributed by atoms with Gasteiger partial charge in [-0.3, -0.25) is 0 Å². The third-order valence-corrected chi connectivity index (χ3v) is 3.61. The molecule has 0 saturated carbocycles. The summed E-state index contributed by atoms with van der Waals surface area (Å²) in [4.78, 5) is 0. The van der Waals surface area contributed by atoms with Crippen LogP contribution in [0, 0.1) is 0 Å². The molecule has 0 aliphatic heterocycles. The van der Waals surface area contributed by atoms with Crippen LogP contribution in [0.3, 0.4) is 0 Å². The largest absolute Gasteiger partial charge is 0.442 e. The van der Waals surface area contributed by atoms with Crippen LogP contribution < -0.4 is 0 Å². The van der Waals surface area contributed by atoms with E-state index in [9.17, 15) is 78.2 Å². The third kappa shape index (κ3) is 3.74. The molecule has 0 unspecified atom stereocenters. The van der Waals surface area contributed by atoms with Gasteiger partial charge in [0.25, 0.3) is 0 Å². The van der Waals surface area contributed by atoms with Gasteiger partial charge in [0.1, 0.15) is 6.42 Å². The Kier molecular flexibility index (Phi) is 5.90. The molecule has 0 N–H and O–H groups in total. The molecular weight excluding hydrogens is 464 g/mol. The van der Waals surface area contributed by atoms with Crippen molar-refractivity contribution in [2.24, 2.45) is 0 Å². The maximum absolute atomic E-state index is 13.0. The van der Waals surface area contributed by atoms with Crippen molar-refractivity contribution >= 4 is 10.2 Å². The third-order valence-electron chi connectivity index (χ3n) is 2.74. The number of hydrogen-bond acceptors (Lipinski definition) is 2. The van der Waals surface area contributed by atoms with E-state index in [1.54, 1.807) is 0 Å². The minimum absolute atomic E-state index is 4.29. The van der Waals surface area contributed by atoms with Crippen LogP contribution in [0.1, 0.15) is 6.42 Å². The number of alkyl halides is 15. The maximum Gasteiger partial charge on any atom is 0.442 e. The Balaban J connectivity index is 6.56. The van der Waals surface area contributed by atoms with E-state index in [0.717, 1.165) is 0 Å². The molecule has 0 radical (unpaired) electrons. The van der Waals surface area contributed by atoms with Gasteiger partial charge < -0.3 is 0 Å². The molecule has 0 heterocycles. The molecule has 0 spiro atoms. The van der Waals surface area contributed by atoms with E-state index in [1.165, 1.54) is 0 Å². The first-order valence-electron chi connectivity index (χ1n) is 5.48. The summed E-state index contributed by atoms with van der Waals surface area (Å²) < 4.78 is 221. The average molecular weight is 466 g/mol. The zero-order valence-electron chi connectivity index (χ0n) is 11.5. The molecular formula is C8H2F16O2S. The van der Waals surface area contributed by atoms with Crippen LogP contribution in [-0.4, -0.2) is 49.5 Å². The number of rotatable bonds is 7. The molecule has 2 nitrogen and oxygen atoms in total. The quantitative estimate of drug-likeness (QED) is 0.391. The van der Waals surface area contributed by atoms with Crippen LogP contribution in [0.25, 0.3) is 0 Å². The zero-order valence-corrected chi connectivity index (χ0v) is 12.3. The molecule has 0 rings (SSSR count). The second-order valence-corrected chi connectivity index (χ2v) is 6.14. The molecule has 164 valence electrons. The summed E-state index contributed by atoms with van der Waals surface area (Å²) in [6.07, 6.45) is -10.8. The van der Waals surface area contributed by atoms with E-state index in [-0.39, 0.29) is 0 Å². The van der Waals surface area contributed by atoms with Crippen molar-refractivity contribution in [3.63, 3.8) is 0 Å². The Hall–Kier alpha value is -1.17. The van der Waals surface area contributed by atoms with Crippen LogP contribution in [0.15, 0.2) is 0 Å². The van der Waals surface area contributed by atoms with Gasteiger partial charge in [-0.2, -0.15) is 74.3 Å². The maximum atomic E-state index is 13.0. The van der Waals surface area contributed by atoms with Gasteiger partial charge >= 0.3 is 51.3 Å². The zero-order chi connectivity index (χ0) is 22.7. The van der Waals surface area contributed by atoms with E-state index >= 15 is 0 Å². The molecule has 0 atom stereocenters. The fraction of sp³-hybridized carbons (Fsp3) is 1.00. The predicted octanol–water partition coefficient (Wildman–Crippen LogP) is 5.01. The summed E-state index contributed by atoms with van der Waals surface area (Å²) in [6, 6.07) is 0. The van der Waals surface area contributed by atoms with Crippen molar-refractivity contribution in [3.05, 3.63) is 0 Å². The molecule has 0 aromatic rings.